The quantitative estimate of drug-likeness (QED) is 0.625. The number of fused-ring (bicyclic) bond motifs is 1. The fourth-order valence-corrected chi connectivity index (χ4v) is 1.30. The van der Waals surface area contributed by atoms with Crippen molar-refractivity contribution >= 4 is 16.7 Å². The second-order valence-electron chi connectivity index (χ2n) is 3.01. The highest BCUT2D eigenvalue weighted by Gasteiger charge is 2.00. The Morgan fingerprint density at radius 1 is 1.47 bits per heavy atom. The zero-order valence-electron chi connectivity index (χ0n) is 7.91. The number of nitrogens with two attached hydrogens (primary N) is 1. The van der Waals surface area contributed by atoms with E-state index in [0.717, 1.165) is 16.5 Å². The number of nitrogen functional groups attached to an aromatic ring is 1. The number of hydrogen-bond acceptors (Lipinski definition) is 3. The molecule has 0 aliphatic rings. The summed E-state index contributed by atoms with van der Waals surface area (Å²) in [5.74, 6) is 6.12. The van der Waals surface area contributed by atoms with Gasteiger partial charge in [-0.2, -0.15) is 10.4 Å². The first-order valence-electron chi connectivity index (χ1n) is 4.40. The third-order valence-corrected chi connectivity index (χ3v) is 1.99. The summed E-state index contributed by atoms with van der Waals surface area (Å²) in [5, 5.41) is 15.9. The monoisotopic (exact) mass is 196 g/mol. The summed E-state index contributed by atoms with van der Waals surface area (Å²) in [4.78, 5) is 0. The van der Waals surface area contributed by atoms with Gasteiger partial charge >= 0.3 is 0 Å². The number of nitrogens with zero attached hydrogens (tertiary/aromatic N) is 2. The molecule has 3 N–H and O–H groups in total. The van der Waals surface area contributed by atoms with Gasteiger partial charge in [0.25, 0.3) is 0 Å². The zero-order valence-corrected chi connectivity index (χ0v) is 7.91. The molecular formula is C11H8N4. The number of hydrogen-bond donors (Lipinski definition) is 2. The van der Waals surface area contributed by atoms with Gasteiger partial charge in [0.1, 0.15) is 0 Å². The predicted octanol–water partition coefficient (Wildman–Crippen LogP) is 1.41. The zero-order chi connectivity index (χ0) is 10.7. The molecular weight excluding hydrogens is 188 g/mol. The van der Waals surface area contributed by atoms with Crippen LogP contribution in [0.25, 0.3) is 10.9 Å². The first-order chi connectivity index (χ1) is 7.31. The van der Waals surface area contributed by atoms with Gasteiger partial charge in [-0.1, -0.05) is 11.8 Å². The molecule has 0 fully saturated rings. The first kappa shape index (κ1) is 9.11. The number of benzene rings is 1. The molecule has 0 amide bonds. The van der Waals surface area contributed by atoms with Crippen molar-refractivity contribution in [3.63, 3.8) is 0 Å². The number of nitriles is 1. The number of anilines is 1. The van der Waals surface area contributed by atoms with Gasteiger partial charge < -0.3 is 5.73 Å². The van der Waals surface area contributed by atoms with Crippen molar-refractivity contribution in [2.45, 2.75) is 6.42 Å². The van der Waals surface area contributed by atoms with Gasteiger partial charge in [-0.3, -0.25) is 5.10 Å². The molecule has 1 heterocycles. The molecule has 72 valence electrons. The van der Waals surface area contributed by atoms with Gasteiger partial charge in [0.05, 0.1) is 18.0 Å². The SMILES string of the molecule is N#CCC#Cc1ccc2c(N)n[nH]c2c1. The molecule has 0 atom stereocenters. The van der Waals surface area contributed by atoms with E-state index in [9.17, 15) is 0 Å². The molecule has 4 nitrogen and oxygen atoms in total. The van der Waals surface area contributed by atoms with Crippen LogP contribution in [0, 0.1) is 23.2 Å². The van der Waals surface area contributed by atoms with E-state index >= 15 is 0 Å². The topological polar surface area (TPSA) is 78.5 Å². The molecule has 0 unspecified atom stereocenters. The number of H-pyrrole nitrogens is 1. The second-order valence-corrected chi connectivity index (χ2v) is 3.01. The Kier molecular flexibility index (Phi) is 2.26. The van der Waals surface area contributed by atoms with Crippen molar-refractivity contribution in [3.05, 3.63) is 23.8 Å². The molecule has 2 rings (SSSR count). The van der Waals surface area contributed by atoms with Crippen molar-refractivity contribution < 1.29 is 0 Å². The summed E-state index contributed by atoms with van der Waals surface area (Å²) in [6, 6.07) is 7.55. The van der Waals surface area contributed by atoms with Gasteiger partial charge in [-0.15, -0.1) is 0 Å². The molecule has 0 saturated heterocycles. The highest BCUT2D eigenvalue weighted by atomic mass is 15.1. The second kappa shape index (κ2) is 3.73. The van der Waals surface area contributed by atoms with E-state index < -0.39 is 0 Å². The average Bonchev–Trinajstić information content (AvgIpc) is 2.61. The van der Waals surface area contributed by atoms with Crippen LogP contribution in [0.1, 0.15) is 12.0 Å². The van der Waals surface area contributed by atoms with Crippen molar-refractivity contribution in [1.82, 2.24) is 10.2 Å². The van der Waals surface area contributed by atoms with E-state index in [1.807, 2.05) is 24.3 Å². The minimum absolute atomic E-state index is 0.239. The molecule has 0 radical (unpaired) electrons. The Morgan fingerprint density at radius 2 is 2.33 bits per heavy atom. The Hall–Kier alpha value is -2.46. The smallest absolute Gasteiger partial charge is 0.153 e. The highest BCUT2D eigenvalue weighted by Crippen LogP contribution is 2.18. The summed E-state index contributed by atoms with van der Waals surface area (Å²) >= 11 is 0. The van der Waals surface area contributed by atoms with Crippen LogP contribution in [0.2, 0.25) is 0 Å². The maximum absolute atomic E-state index is 8.33. The van der Waals surface area contributed by atoms with E-state index in [4.69, 9.17) is 11.0 Å². The minimum Gasteiger partial charge on any atom is -0.382 e. The Morgan fingerprint density at radius 3 is 3.13 bits per heavy atom. The van der Waals surface area contributed by atoms with E-state index in [1.165, 1.54) is 0 Å². The summed E-state index contributed by atoms with van der Waals surface area (Å²) in [6.45, 7) is 0. The third-order valence-electron chi connectivity index (χ3n) is 1.99. The fourth-order valence-electron chi connectivity index (χ4n) is 1.30. The number of aromatic amines is 1. The van der Waals surface area contributed by atoms with Crippen molar-refractivity contribution in [3.8, 4) is 17.9 Å². The van der Waals surface area contributed by atoms with Crippen LogP contribution in [-0.4, -0.2) is 10.2 Å². The summed E-state index contributed by atoms with van der Waals surface area (Å²) in [6.07, 6.45) is 0.239. The molecule has 0 saturated carbocycles. The van der Waals surface area contributed by atoms with Gasteiger partial charge in [0.2, 0.25) is 0 Å². The van der Waals surface area contributed by atoms with Crippen molar-refractivity contribution in [1.29, 1.82) is 5.26 Å². The minimum atomic E-state index is 0.239. The molecule has 0 spiro atoms. The number of aromatic nitrogens is 2. The van der Waals surface area contributed by atoms with Crippen LogP contribution in [0.15, 0.2) is 18.2 Å². The van der Waals surface area contributed by atoms with E-state index in [1.54, 1.807) is 0 Å². The van der Waals surface area contributed by atoms with E-state index in [2.05, 4.69) is 22.0 Å². The maximum atomic E-state index is 8.33. The average molecular weight is 196 g/mol. The van der Waals surface area contributed by atoms with Crippen LogP contribution in [0.4, 0.5) is 5.82 Å². The van der Waals surface area contributed by atoms with Crippen molar-refractivity contribution in [2.24, 2.45) is 0 Å². The largest absolute Gasteiger partial charge is 0.382 e. The lowest BCUT2D eigenvalue weighted by atomic mass is 10.1. The Bertz CT molecular complexity index is 592. The Balaban J connectivity index is 2.41. The molecule has 1 aromatic heterocycles. The molecule has 15 heavy (non-hydrogen) atoms. The summed E-state index contributed by atoms with van der Waals surface area (Å²) < 4.78 is 0. The van der Waals surface area contributed by atoms with Gasteiger partial charge in [-0.25, -0.2) is 0 Å². The summed E-state index contributed by atoms with van der Waals surface area (Å²) in [7, 11) is 0. The maximum Gasteiger partial charge on any atom is 0.153 e. The summed E-state index contributed by atoms with van der Waals surface area (Å²) in [5.41, 5.74) is 7.33. The molecule has 0 bridgehead atoms. The normalized spacial score (nSPS) is 9.27. The molecule has 0 aliphatic carbocycles. The molecule has 0 aliphatic heterocycles. The standard InChI is InChI=1S/C11H8N4/c12-6-2-1-3-8-4-5-9-10(7-8)14-15-11(9)13/h4-5,7H,2H2,(H3,13,14,15). The van der Waals surface area contributed by atoms with E-state index in [-0.39, 0.29) is 6.42 Å². The van der Waals surface area contributed by atoms with Crippen LogP contribution >= 0.6 is 0 Å². The van der Waals surface area contributed by atoms with Crippen LogP contribution in [0.5, 0.6) is 0 Å². The lowest BCUT2D eigenvalue weighted by Crippen LogP contribution is -1.83. The predicted molar refractivity (Wildman–Crippen MR) is 57.6 cm³/mol. The van der Waals surface area contributed by atoms with Gasteiger partial charge in [0, 0.05) is 10.9 Å². The van der Waals surface area contributed by atoms with Crippen LogP contribution < -0.4 is 5.73 Å². The fraction of sp³-hybridized carbons (Fsp3) is 0.0909. The Labute approximate surface area is 86.7 Å². The number of rotatable bonds is 0. The lowest BCUT2D eigenvalue weighted by Gasteiger charge is -1.91. The van der Waals surface area contributed by atoms with Gasteiger partial charge in [0.15, 0.2) is 5.82 Å². The van der Waals surface area contributed by atoms with Gasteiger partial charge in [-0.05, 0) is 18.2 Å². The van der Waals surface area contributed by atoms with E-state index in [0.29, 0.717) is 5.82 Å². The molecule has 4 heteroatoms. The van der Waals surface area contributed by atoms with Crippen molar-refractivity contribution in [2.75, 3.05) is 5.73 Å². The first-order valence-corrected chi connectivity index (χ1v) is 4.40. The highest BCUT2D eigenvalue weighted by molar-refractivity contribution is 5.89. The number of nitrogens with one attached hydrogen (secondary N) is 1. The van der Waals surface area contributed by atoms with Crippen LogP contribution in [0.3, 0.4) is 0 Å². The third kappa shape index (κ3) is 1.74. The van der Waals surface area contributed by atoms with Crippen LogP contribution in [-0.2, 0) is 0 Å². The molecule has 2 aromatic rings. The molecule has 1 aromatic carbocycles. The lowest BCUT2D eigenvalue weighted by molar-refractivity contribution is 1.13.